The molecule has 0 radical (unpaired) electrons. The van der Waals surface area contributed by atoms with Crippen molar-refractivity contribution in [2.45, 2.75) is 38.7 Å². The smallest absolute Gasteiger partial charge is 0.225 e. The summed E-state index contributed by atoms with van der Waals surface area (Å²) in [6.07, 6.45) is 4.35. The SMILES string of the molecule is CC(O)CN1CCN(C(=O)C2CCCC2)CC1. The van der Waals surface area contributed by atoms with E-state index in [1.165, 1.54) is 12.8 Å². The van der Waals surface area contributed by atoms with Gasteiger partial charge in [-0.05, 0) is 19.8 Å². The Morgan fingerprint density at radius 2 is 1.82 bits per heavy atom. The van der Waals surface area contributed by atoms with Crippen molar-refractivity contribution in [1.29, 1.82) is 0 Å². The number of aliphatic hydroxyl groups excluding tert-OH is 1. The molecule has 1 aliphatic heterocycles. The first-order valence-electron chi connectivity index (χ1n) is 6.86. The zero-order valence-corrected chi connectivity index (χ0v) is 10.8. The van der Waals surface area contributed by atoms with E-state index in [1.54, 1.807) is 0 Å². The van der Waals surface area contributed by atoms with Gasteiger partial charge in [-0.2, -0.15) is 0 Å². The van der Waals surface area contributed by atoms with Gasteiger partial charge >= 0.3 is 0 Å². The van der Waals surface area contributed by atoms with Crippen molar-refractivity contribution in [3.05, 3.63) is 0 Å². The maximum Gasteiger partial charge on any atom is 0.225 e. The molecule has 2 rings (SSSR count). The summed E-state index contributed by atoms with van der Waals surface area (Å²) < 4.78 is 0. The van der Waals surface area contributed by atoms with Crippen LogP contribution in [0.4, 0.5) is 0 Å². The Morgan fingerprint density at radius 1 is 1.24 bits per heavy atom. The summed E-state index contributed by atoms with van der Waals surface area (Å²) in [6, 6.07) is 0. The van der Waals surface area contributed by atoms with Crippen molar-refractivity contribution in [1.82, 2.24) is 9.80 Å². The minimum absolute atomic E-state index is 0.271. The Balaban J connectivity index is 1.76. The third-order valence-corrected chi connectivity index (χ3v) is 3.91. The molecule has 1 amide bonds. The van der Waals surface area contributed by atoms with Gasteiger partial charge in [-0.25, -0.2) is 0 Å². The van der Waals surface area contributed by atoms with E-state index in [9.17, 15) is 9.90 Å². The number of rotatable bonds is 3. The molecule has 1 saturated carbocycles. The maximum absolute atomic E-state index is 12.2. The predicted octanol–water partition coefficient (Wildman–Crippen LogP) is 0.702. The minimum atomic E-state index is -0.271. The summed E-state index contributed by atoms with van der Waals surface area (Å²) in [5.74, 6) is 0.678. The van der Waals surface area contributed by atoms with Crippen LogP contribution in [0.15, 0.2) is 0 Å². The van der Waals surface area contributed by atoms with E-state index in [0.717, 1.165) is 45.6 Å². The van der Waals surface area contributed by atoms with Gasteiger partial charge in [-0.15, -0.1) is 0 Å². The van der Waals surface area contributed by atoms with Gasteiger partial charge in [0.05, 0.1) is 6.10 Å². The highest BCUT2D eigenvalue weighted by Crippen LogP contribution is 2.26. The fraction of sp³-hybridized carbons (Fsp3) is 0.923. The Hall–Kier alpha value is -0.610. The fourth-order valence-corrected chi connectivity index (χ4v) is 2.96. The molecule has 4 heteroatoms. The molecule has 1 unspecified atom stereocenters. The van der Waals surface area contributed by atoms with Crippen LogP contribution < -0.4 is 0 Å². The molecule has 0 aromatic rings. The van der Waals surface area contributed by atoms with Gasteiger partial charge in [0.25, 0.3) is 0 Å². The Kier molecular flexibility index (Phi) is 4.40. The number of hydrogen-bond acceptors (Lipinski definition) is 3. The van der Waals surface area contributed by atoms with Crippen LogP contribution in [0.5, 0.6) is 0 Å². The summed E-state index contributed by atoms with van der Waals surface area (Å²) in [6.45, 7) is 6.03. The molecule has 1 saturated heterocycles. The quantitative estimate of drug-likeness (QED) is 0.790. The molecule has 4 nitrogen and oxygen atoms in total. The number of aliphatic hydroxyl groups is 1. The minimum Gasteiger partial charge on any atom is -0.392 e. The van der Waals surface area contributed by atoms with Gasteiger partial charge in [0.15, 0.2) is 0 Å². The maximum atomic E-state index is 12.2. The molecule has 2 aliphatic rings. The molecular formula is C13H24N2O2. The topological polar surface area (TPSA) is 43.8 Å². The van der Waals surface area contributed by atoms with E-state index in [1.807, 2.05) is 11.8 Å². The predicted molar refractivity (Wildman–Crippen MR) is 66.7 cm³/mol. The third kappa shape index (κ3) is 3.42. The summed E-state index contributed by atoms with van der Waals surface area (Å²) in [5.41, 5.74) is 0. The first-order valence-corrected chi connectivity index (χ1v) is 6.86. The van der Waals surface area contributed by atoms with Gasteiger partial charge < -0.3 is 10.0 Å². The van der Waals surface area contributed by atoms with Crippen LogP contribution in [0.25, 0.3) is 0 Å². The van der Waals surface area contributed by atoms with Crippen molar-refractivity contribution >= 4 is 5.91 Å². The average molecular weight is 240 g/mol. The third-order valence-electron chi connectivity index (χ3n) is 3.91. The highest BCUT2D eigenvalue weighted by Gasteiger charge is 2.29. The zero-order valence-electron chi connectivity index (χ0n) is 10.8. The van der Waals surface area contributed by atoms with E-state index >= 15 is 0 Å². The van der Waals surface area contributed by atoms with E-state index in [2.05, 4.69) is 4.90 Å². The summed E-state index contributed by atoms with van der Waals surface area (Å²) >= 11 is 0. The summed E-state index contributed by atoms with van der Waals surface area (Å²) in [4.78, 5) is 16.4. The molecule has 1 heterocycles. The van der Waals surface area contributed by atoms with Gasteiger partial charge in [-0.1, -0.05) is 12.8 Å². The average Bonchev–Trinajstić information content (AvgIpc) is 2.82. The Morgan fingerprint density at radius 3 is 2.35 bits per heavy atom. The number of nitrogens with zero attached hydrogens (tertiary/aromatic N) is 2. The van der Waals surface area contributed by atoms with Gasteiger partial charge in [-0.3, -0.25) is 9.69 Å². The highest BCUT2D eigenvalue weighted by molar-refractivity contribution is 5.79. The van der Waals surface area contributed by atoms with Crippen molar-refractivity contribution < 1.29 is 9.90 Å². The lowest BCUT2D eigenvalue weighted by molar-refractivity contribution is -0.137. The van der Waals surface area contributed by atoms with Crippen LogP contribution >= 0.6 is 0 Å². The van der Waals surface area contributed by atoms with Crippen molar-refractivity contribution in [2.75, 3.05) is 32.7 Å². The molecule has 1 atom stereocenters. The monoisotopic (exact) mass is 240 g/mol. The molecule has 0 spiro atoms. The van der Waals surface area contributed by atoms with Crippen LogP contribution in [0.1, 0.15) is 32.6 Å². The largest absolute Gasteiger partial charge is 0.392 e. The number of carbonyl (C=O) groups is 1. The molecule has 0 aromatic heterocycles. The molecule has 0 bridgehead atoms. The van der Waals surface area contributed by atoms with Crippen LogP contribution in [-0.4, -0.2) is 59.6 Å². The molecule has 2 fully saturated rings. The second-order valence-corrected chi connectivity index (χ2v) is 5.46. The summed E-state index contributed by atoms with van der Waals surface area (Å²) in [7, 11) is 0. The van der Waals surface area contributed by atoms with E-state index < -0.39 is 0 Å². The first-order chi connectivity index (χ1) is 8.16. The fourth-order valence-electron chi connectivity index (χ4n) is 2.96. The zero-order chi connectivity index (χ0) is 12.3. The second kappa shape index (κ2) is 5.83. The van der Waals surface area contributed by atoms with Gasteiger partial charge in [0, 0.05) is 38.6 Å². The lowest BCUT2D eigenvalue weighted by Crippen LogP contribution is -2.51. The number of piperazine rings is 1. The Bertz CT molecular complexity index is 254. The number of carbonyl (C=O) groups excluding carboxylic acids is 1. The number of β-amino-alcohol motifs (C(OH)–C–C–N with tert-alkyl or cyclic N) is 1. The summed E-state index contributed by atoms with van der Waals surface area (Å²) in [5, 5.41) is 9.33. The molecule has 98 valence electrons. The van der Waals surface area contributed by atoms with Crippen molar-refractivity contribution in [3.63, 3.8) is 0 Å². The van der Waals surface area contributed by atoms with Gasteiger partial charge in [0.2, 0.25) is 5.91 Å². The molecule has 17 heavy (non-hydrogen) atoms. The van der Waals surface area contributed by atoms with Gasteiger partial charge in [0.1, 0.15) is 0 Å². The lowest BCUT2D eigenvalue weighted by Gasteiger charge is -2.36. The van der Waals surface area contributed by atoms with Crippen molar-refractivity contribution in [2.24, 2.45) is 5.92 Å². The number of amides is 1. The Labute approximate surface area is 104 Å². The highest BCUT2D eigenvalue weighted by atomic mass is 16.3. The van der Waals surface area contributed by atoms with Crippen LogP contribution in [0, 0.1) is 5.92 Å². The molecule has 1 N–H and O–H groups in total. The molecule has 1 aliphatic carbocycles. The van der Waals surface area contributed by atoms with Crippen LogP contribution in [0.3, 0.4) is 0 Å². The number of hydrogen-bond donors (Lipinski definition) is 1. The van der Waals surface area contributed by atoms with E-state index in [0.29, 0.717) is 11.8 Å². The van der Waals surface area contributed by atoms with E-state index in [-0.39, 0.29) is 6.10 Å². The molecule has 0 aromatic carbocycles. The van der Waals surface area contributed by atoms with E-state index in [4.69, 9.17) is 0 Å². The van der Waals surface area contributed by atoms with Crippen LogP contribution in [-0.2, 0) is 4.79 Å². The van der Waals surface area contributed by atoms with Crippen molar-refractivity contribution in [3.8, 4) is 0 Å². The standard InChI is InChI=1S/C13H24N2O2/c1-11(16)10-14-6-8-15(9-7-14)13(17)12-4-2-3-5-12/h11-12,16H,2-10H2,1H3. The molecular weight excluding hydrogens is 216 g/mol. The lowest BCUT2D eigenvalue weighted by atomic mass is 10.1. The first kappa shape index (κ1) is 12.8. The second-order valence-electron chi connectivity index (χ2n) is 5.46. The van der Waals surface area contributed by atoms with Crippen LogP contribution in [0.2, 0.25) is 0 Å². The normalized spacial score (nSPS) is 25.2.